The van der Waals surface area contributed by atoms with Crippen LogP contribution in [0.4, 0.5) is 0 Å². The van der Waals surface area contributed by atoms with Gasteiger partial charge in [-0.15, -0.1) is 0 Å². The van der Waals surface area contributed by atoms with E-state index in [4.69, 9.17) is 28.7 Å². The molecule has 220 valence electrons. The van der Waals surface area contributed by atoms with Crippen molar-refractivity contribution in [2.75, 3.05) is 21.0 Å². The Balaban J connectivity index is 1.38. The van der Waals surface area contributed by atoms with Crippen LogP contribution >= 0.6 is 27.3 Å². The summed E-state index contributed by atoms with van der Waals surface area (Å²) in [7, 11) is 2.90. The van der Waals surface area contributed by atoms with E-state index in [0.29, 0.717) is 54.5 Å². The van der Waals surface area contributed by atoms with E-state index in [-0.39, 0.29) is 19.0 Å². The van der Waals surface area contributed by atoms with Gasteiger partial charge < -0.3 is 23.7 Å². The van der Waals surface area contributed by atoms with Crippen LogP contribution in [0, 0.1) is 0 Å². The number of benzene rings is 3. The monoisotopic (exact) mass is 662 g/mol. The first-order chi connectivity index (χ1) is 20.9. The Morgan fingerprint density at radius 1 is 1.12 bits per heavy atom. The second-order valence-corrected chi connectivity index (χ2v) is 11.6. The normalized spacial score (nSPS) is 15.6. The minimum Gasteiger partial charge on any atom is -0.493 e. The van der Waals surface area contributed by atoms with Crippen molar-refractivity contribution >= 4 is 39.3 Å². The van der Waals surface area contributed by atoms with Crippen molar-refractivity contribution in [1.29, 1.82) is 0 Å². The van der Waals surface area contributed by atoms with Gasteiger partial charge in [0.25, 0.3) is 5.56 Å². The van der Waals surface area contributed by atoms with E-state index in [1.807, 2.05) is 67.6 Å². The molecular formula is C32H27BrN2O7S. The van der Waals surface area contributed by atoms with Crippen LogP contribution in [-0.4, -0.2) is 31.5 Å². The van der Waals surface area contributed by atoms with Crippen molar-refractivity contribution < 1.29 is 28.5 Å². The SMILES string of the molecule is CCC1=C(C(=O)OC)[C@@H](c2ccccc2)n2c(s/c(=C\c3cc(Br)c(OCc4ccc5c(c4)OCO5)c(OC)c3)c2=O)=N1. The van der Waals surface area contributed by atoms with Gasteiger partial charge in [-0.05, 0) is 69.4 Å². The fourth-order valence-corrected chi connectivity index (χ4v) is 6.71. The van der Waals surface area contributed by atoms with Gasteiger partial charge in [-0.2, -0.15) is 0 Å². The average Bonchev–Trinajstić information content (AvgIpc) is 3.62. The van der Waals surface area contributed by atoms with Gasteiger partial charge in [-0.1, -0.05) is 54.7 Å². The van der Waals surface area contributed by atoms with Gasteiger partial charge in [-0.25, -0.2) is 9.79 Å². The van der Waals surface area contributed by atoms with Crippen molar-refractivity contribution in [3.05, 3.63) is 113 Å². The largest absolute Gasteiger partial charge is 0.493 e. The van der Waals surface area contributed by atoms with E-state index in [1.54, 1.807) is 17.8 Å². The van der Waals surface area contributed by atoms with E-state index >= 15 is 0 Å². The fraction of sp³-hybridized carbons (Fsp3) is 0.219. The number of hydrogen-bond donors (Lipinski definition) is 0. The molecule has 1 atom stereocenters. The van der Waals surface area contributed by atoms with Crippen LogP contribution in [0.15, 0.2) is 86.2 Å². The van der Waals surface area contributed by atoms with Crippen molar-refractivity contribution in [3.8, 4) is 23.0 Å². The molecule has 0 amide bonds. The molecule has 4 aromatic rings. The maximum atomic E-state index is 13.9. The number of halogens is 1. The maximum absolute atomic E-state index is 13.9. The lowest BCUT2D eigenvalue weighted by Gasteiger charge is -2.25. The summed E-state index contributed by atoms with van der Waals surface area (Å²) in [6, 6.07) is 18.1. The van der Waals surface area contributed by atoms with E-state index < -0.39 is 12.0 Å². The molecule has 0 fully saturated rings. The molecule has 0 radical (unpaired) electrons. The van der Waals surface area contributed by atoms with Gasteiger partial charge in [-0.3, -0.25) is 9.36 Å². The van der Waals surface area contributed by atoms with Crippen molar-refractivity contribution in [1.82, 2.24) is 4.57 Å². The van der Waals surface area contributed by atoms with E-state index in [2.05, 4.69) is 15.9 Å². The second kappa shape index (κ2) is 12.1. The first-order valence-corrected chi connectivity index (χ1v) is 15.1. The average molecular weight is 664 g/mol. The number of fused-ring (bicyclic) bond motifs is 2. The number of allylic oxidation sites excluding steroid dienone is 1. The molecule has 0 N–H and O–H groups in total. The Kier molecular flexibility index (Phi) is 8.09. The van der Waals surface area contributed by atoms with Crippen molar-refractivity contribution in [2.24, 2.45) is 4.99 Å². The minimum atomic E-state index is -0.657. The molecule has 2 aliphatic rings. The molecule has 0 unspecified atom stereocenters. The number of hydrogen-bond acceptors (Lipinski definition) is 9. The molecule has 0 saturated heterocycles. The number of thiazole rings is 1. The number of carbonyl (C=O) groups excluding carboxylic acids is 1. The third kappa shape index (κ3) is 5.46. The molecule has 0 aliphatic carbocycles. The Morgan fingerprint density at radius 3 is 2.65 bits per heavy atom. The molecule has 0 saturated carbocycles. The van der Waals surface area contributed by atoms with Crippen LogP contribution in [0.25, 0.3) is 6.08 Å². The summed E-state index contributed by atoms with van der Waals surface area (Å²) in [6.07, 6.45) is 2.30. The number of nitrogens with zero attached hydrogens (tertiary/aromatic N) is 2. The summed E-state index contributed by atoms with van der Waals surface area (Å²) in [4.78, 5) is 32.1. The number of ether oxygens (including phenoxy) is 5. The summed E-state index contributed by atoms with van der Waals surface area (Å²) in [6.45, 7) is 2.42. The Morgan fingerprint density at radius 2 is 1.91 bits per heavy atom. The van der Waals surface area contributed by atoms with Gasteiger partial charge in [0.05, 0.1) is 40.5 Å². The van der Waals surface area contributed by atoms with E-state index in [0.717, 1.165) is 16.7 Å². The van der Waals surface area contributed by atoms with E-state index in [1.165, 1.54) is 18.4 Å². The Bertz CT molecular complexity index is 1930. The second-order valence-electron chi connectivity index (χ2n) is 9.71. The van der Waals surface area contributed by atoms with Crippen molar-refractivity contribution in [3.63, 3.8) is 0 Å². The highest BCUT2D eigenvalue weighted by Gasteiger charge is 2.33. The third-order valence-electron chi connectivity index (χ3n) is 7.14. The third-order valence-corrected chi connectivity index (χ3v) is 8.71. The molecule has 1 aromatic heterocycles. The lowest BCUT2D eigenvalue weighted by Crippen LogP contribution is -2.40. The van der Waals surface area contributed by atoms with Gasteiger partial charge in [0, 0.05) is 0 Å². The summed E-state index contributed by atoms with van der Waals surface area (Å²) in [5, 5.41) is 0. The quantitative estimate of drug-likeness (QED) is 0.248. The first-order valence-electron chi connectivity index (χ1n) is 13.5. The smallest absolute Gasteiger partial charge is 0.338 e. The first kappa shape index (κ1) is 28.8. The van der Waals surface area contributed by atoms with Gasteiger partial charge in [0.1, 0.15) is 6.61 Å². The lowest BCUT2D eigenvalue weighted by molar-refractivity contribution is -0.136. The molecule has 0 bridgehead atoms. The molecular weight excluding hydrogens is 636 g/mol. The van der Waals surface area contributed by atoms with Crippen molar-refractivity contribution in [2.45, 2.75) is 26.0 Å². The number of esters is 1. The zero-order valence-corrected chi connectivity index (χ0v) is 26.0. The van der Waals surface area contributed by atoms with E-state index in [9.17, 15) is 9.59 Å². The topological polar surface area (TPSA) is 97.6 Å². The summed E-state index contributed by atoms with van der Waals surface area (Å²) in [5.74, 6) is 1.91. The maximum Gasteiger partial charge on any atom is 0.338 e. The molecule has 3 heterocycles. The molecule has 6 rings (SSSR count). The molecule has 11 heteroatoms. The van der Waals surface area contributed by atoms with Crippen LogP contribution in [-0.2, 0) is 16.1 Å². The number of methoxy groups -OCH3 is 2. The summed E-state index contributed by atoms with van der Waals surface area (Å²) in [5.41, 5.74) is 3.14. The highest BCUT2D eigenvalue weighted by Crippen LogP contribution is 2.38. The summed E-state index contributed by atoms with van der Waals surface area (Å²) < 4.78 is 30.5. The highest BCUT2D eigenvalue weighted by atomic mass is 79.9. The Labute approximate surface area is 259 Å². The molecule has 43 heavy (non-hydrogen) atoms. The molecule has 9 nitrogen and oxygen atoms in total. The van der Waals surface area contributed by atoms with Crippen LogP contribution < -0.4 is 33.8 Å². The minimum absolute atomic E-state index is 0.206. The van der Waals surface area contributed by atoms with Crippen LogP contribution in [0.5, 0.6) is 23.0 Å². The molecule has 3 aromatic carbocycles. The molecule has 0 spiro atoms. The Hall–Kier alpha value is -4.35. The zero-order valence-electron chi connectivity index (χ0n) is 23.6. The summed E-state index contributed by atoms with van der Waals surface area (Å²) >= 11 is 4.88. The predicted octanol–water partition coefficient (Wildman–Crippen LogP) is 4.88. The highest BCUT2D eigenvalue weighted by molar-refractivity contribution is 9.10. The fourth-order valence-electron chi connectivity index (χ4n) is 5.12. The van der Waals surface area contributed by atoms with Crippen LogP contribution in [0.1, 0.15) is 36.1 Å². The lowest BCUT2D eigenvalue weighted by atomic mass is 9.95. The van der Waals surface area contributed by atoms with Gasteiger partial charge in [0.15, 0.2) is 27.8 Å². The zero-order chi connectivity index (χ0) is 30.1. The van der Waals surface area contributed by atoms with Crippen LogP contribution in [0.2, 0.25) is 0 Å². The van der Waals surface area contributed by atoms with Gasteiger partial charge in [0.2, 0.25) is 6.79 Å². The molecule has 2 aliphatic heterocycles. The van der Waals surface area contributed by atoms with Crippen LogP contribution in [0.3, 0.4) is 0 Å². The number of rotatable bonds is 8. The van der Waals surface area contributed by atoms with Gasteiger partial charge >= 0.3 is 5.97 Å². The standard InChI is InChI=1S/C32H27BrN2O7S/c1-4-22-27(31(37)39-3)28(20-8-6-5-7-9-20)35-30(36)26(43-32(35)34-22)15-19-12-21(33)29(25(14-19)38-2)40-16-18-10-11-23-24(13-18)42-17-41-23/h5-15,28H,4,16-17H2,1-3H3/b26-15-/t28-/m1/s1. The predicted molar refractivity (Wildman–Crippen MR) is 164 cm³/mol. The number of carbonyl (C=O) groups is 1. The number of aromatic nitrogens is 1.